The normalized spacial score (nSPS) is 10.9. The second-order valence-corrected chi connectivity index (χ2v) is 4.89. The zero-order valence-corrected chi connectivity index (χ0v) is 11.8. The predicted molar refractivity (Wildman–Crippen MR) is 81.0 cm³/mol. The average Bonchev–Trinajstić information content (AvgIpc) is 2.91. The van der Waals surface area contributed by atoms with Crippen molar-refractivity contribution in [2.45, 2.75) is 13.3 Å². The Balaban J connectivity index is 2.00. The van der Waals surface area contributed by atoms with E-state index < -0.39 is 0 Å². The van der Waals surface area contributed by atoms with Crippen molar-refractivity contribution in [3.05, 3.63) is 41.7 Å². The average molecular weight is 288 g/mol. The summed E-state index contributed by atoms with van der Waals surface area (Å²) in [4.78, 5) is 8.68. The Labute approximate surface area is 121 Å². The van der Waals surface area contributed by atoms with Gasteiger partial charge < -0.3 is 9.73 Å². The number of aromatic nitrogens is 2. The highest BCUT2D eigenvalue weighted by molar-refractivity contribution is 6.34. The zero-order chi connectivity index (χ0) is 13.9. The summed E-state index contributed by atoms with van der Waals surface area (Å²) in [6.07, 6.45) is 4.42. The molecule has 5 heteroatoms. The van der Waals surface area contributed by atoms with E-state index in [2.05, 4.69) is 22.2 Å². The zero-order valence-electron chi connectivity index (χ0n) is 11.1. The van der Waals surface area contributed by atoms with Crippen LogP contribution in [-0.4, -0.2) is 16.5 Å². The van der Waals surface area contributed by atoms with Crippen LogP contribution in [0.1, 0.15) is 13.3 Å². The minimum Gasteiger partial charge on any atom is -0.453 e. The number of anilines is 1. The fraction of sp³-hybridized carbons (Fsp3) is 0.200. The minimum atomic E-state index is 0.599. The van der Waals surface area contributed by atoms with E-state index >= 15 is 0 Å². The SMILES string of the molecule is CCCNc1cncc(-c2cc3cccc(Cl)c3o2)n1. The van der Waals surface area contributed by atoms with Crippen molar-refractivity contribution in [2.24, 2.45) is 0 Å². The predicted octanol–water partition coefficient (Wildman–Crippen LogP) is 4.37. The van der Waals surface area contributed by atoms with Crippen molar-refractivity contribution in [1.29, 1.82) is 0 Å². The first kappa shape index (κ1) is 12.9. The smallest absolute Gasteiger partial charge is 0.155 e. The van der Waals surface area contributed by atoms with Crippen LogP contribution in [0.4, 0.5) is 5.82 Å². The monoisotopic (exact) mass is 287 g/mol. The van der Waals surface area contributed by atoms with E-state index in [1.807, 2.05) is 24.3 Å². The van der Waals surface area contributed by atoms with Crippen LogP contribution in [0.15, 0.2) is 41.1 Å². The van der Waals surface area contributed by atoms with Gasteiger partial charge in [0.25, 0.3) is 0 Å². The summed E-state index contributed by atoms with van der Waals surface area (Å²) in [5, 5.41) is 4.77. The lowest BCUT2D eigenvalue weighted by molar-refractivity contribution is 0.628. The number of benzene rings is 1. The van der Waals surface area contributed by atoms with Gasteiger partial charge in [-0.15, -0.1) is 0 Å². The number of rotatable bonds is 4. The molecule has 0 saturated carbocycles. The molecule has 1 aromatic carbocycles. The third-order valence-electron chi connectivity index (χ3n) is 2.94. The molecule has 0 bridgehead atoms. The van der Waals surface area contributed by atoms with Crippen LogP contribution >= 0.6 is 11.6 Å². The maximum Gasteiger partial charge on any atom is 0.155 e. The Morgan fingerprint density at radius 1 is 1.30 bits per heavy atom. The van der Waals surface area contributed by atoms with Crippen LogP contribution in [-0.2, 0) is 0 Å². The Kier molecular flexibility index (Phi) is 3.56. The van der Waals surface area contributed by atoms with Gasteiger partial charge in [-0.3, -0.25) is 4.98 Å². The maximum atomic E-state index is 6.12. The molecule has 0 saturated heterocycles. The third kappa shape index (κ3) is 2.47. The number of hydrogen-bond donors (Lipinski definition) is 1. The minimum absolute atomic E-state index is 0.599. The number of halogens is 1. The molecule has 0 aliphatic rings. The van der Waals surface area contributed by atoms with Crippen LogP contribution in [0.5, 0.6) is 0 Å². The van der Waals surface area contributed by atoms with Crippen molar-refractivity contribution >= 4 is 28.4 Å². The number of para-hydroxylation sites is 1. The molecule has 102 valence electrons. The first-order valence-electron chi connectivity index (χ1n) is 6.52. The molecule has 1 N–H and O–H groups in total. The van der Waals surface area contributed by atoms with Gasteiger partial charge in [0.05, 0.1) is 17.4 Å². The lowest BCUT2D eigenvalue weighted by atomic mass is 10.2. The lowest BCUT2D eigenvalue weighted by Crippen LogP contribution is -2.02. The van der Waals surface area contributed by atoms with E-state index in [1.54, 1.807) is 12.4 Å². The molecule has 2 heterocycles. The first-order chi connectivity index (χ1) is 9.78. The third-order valence-corrected chi connectivity index (χ3v) is 3.24. The number of hydrogen-bond acceptors (Lipinski definition) is 4. The van der Waals surface area contributed by atoms with Gasteiger partial charge >= 0.3 is 0 Å². The molecule has 4 nitrogen and oxygen atoms in total. The van der Waals surface area contributed by atoms with E-state index in [0.717, 1.165) is 24.2 Å². The van der Waals surface area contributed by atoms with Gasteiger partial charge in [-0.05, 0) is 18.6 Å². The molecule has 0 atom stereocenters. The van der Waals surface area contributed by atoms with Gasteiger partial charge in [-0.1, -0.05) is 30.7 Å². The quantitative estimate of drug-likeness (QED) is 0.774. The van der Waals surface area contributed by atoms with E-state index in [9.17, 15) is 0 Å². The molecule has 3 aromatic rings. The van der Waals surface area contributed by atoms with Gasteiger partial charge in [0.2, 0.25) is 0 Å². The Hall–Kier alpha value is -2.07. The molecule has 0 aliphatic heterocycles. The van der Waals surface area contributed by atoms with Crippen LogP contribution in [0.2, 0.25) is 5.02 Å². The first-order valence-corrected chi connectivity index (χ1v) is 6.90. The van der Waals surface area contributed by atoms with Crippen LogP contribution in [0.3, 0.4) is 0 Å². The number of nitrogens with zero attached hydrogens (tertiary/aromatic N) is 2. The fourth-order valence-corrected chi connectivity index (χ4v) is 2.20. The molecular formula is C15H14ClN3O. The molecule has 0 radical (unpaired) electrons. The Bertz CT molecular complexity index is 739. The summed E-state index contributed by atoms with van der Waals surface area (Å²) < 4.78 is 5.78. The van der Waals surface area contributed by atoms with E-state index in [1.165, 1.54) is 0 Å². The van der Waals surface area contributed by atoms with Crippen molar-refractivity contribution in [3.8, 4) is 11.5 Å². The summed E-state index contributed by atoms with van der Waals surface area (Å²) in [6.45, 7) is 2.97. The Morgan fingerprint density at radius 2 is 2.20 bits per heavy atom. The maximum absolute atomic E-state index is 6.12. The van der Waals surface area contributed by atoms with Crippen molar-refractivity contribution in [3.63, 3.8) is 0 Å². The molecule has 20 heavy (non-hydrogen) atoms. The molecule has 3 rings (SSSR count). The van der Waals surface area contributed by atoms with Crippen molar-refractivity contribution in [1.82, 2.24) is 9.97 Å². The molecule has 0 aliphatic carbocycles. The molecule has 0 fully saturated rings. The summed E-state index contributed by atoms with van der Waals surface area (Å²) >= 11 is 6.12. The van der Waals surface area contributed by atoms with Gasteiger partial charge in [-0.25, -0.2) is 4.98 Å². The van der Waals surface area contributed by atoms with E-state index in [-0.39, 0.29) is 0 Å². The van der Waals surface area contributed by atoms with Gasteiger partial charge in [0.1, 0.15) is 11.5 Å². The van der Waals surface area contributed by atoms with Gasteiger partial charge in [-0.2, -0.15) is 0 Å². The van der Waals surface area contributed by atoms with Crippen molar-refractivity contribution in [2.75, 3.05) is 11.9 Å². The highest BCUT2D eigenvalue weighted by Gasteiger charge is 2.10. The van der Waals surface area contributed by atoms with Crippen molar-refractivity contribution < 1.29 is 4.42 Å². The summed E-state index contributed by atoms with van der Waals surface area (Å²) in [5.74, 6) is 1.41. The summed E-state index contributed by atoms with van der Waals surface area (Å²) in [7, 11) is 0. The number of fused-ring (bicyclic) bond motifs is 1. The topological polar surface area (TPSA) is 51.0 Å². The second kappa shape index (κ2) is 5.51. The second-order valence-electron chi connectivity index (χ2n) is 4.49. The number of nitrogens with one attached hydrogen (secondary N) is 1. The van der Waals surface area contributed by atoms with Crippen LogP contribution in [0.25, 0.3) is 22.4 Å². The Morgan fingerprint density at radius 3 is 3.00 bits per heavy atom. The summed E-state index contributed by atoms with van der Waals surface area (Å²) in [5.41, 5.74) is 1.37. The lowest BCUT2D eigenvalue weighted by Gasteiger charge is -2.03. The highest BCUT2D eigenvalue weighted by Crippen LogP contribution is 2.31. The number of furan rings is 1. The molecule has 0 amide bonds. The largest absolute Gasteiger partial charge is 0.453 e. The van der Waals surface area contributed by atoms with Crippen LogP contribution in [0, 0.1) is 0 Å². The molecular weight excluding hydrogens is 274 g/mol. The van der Waals surface area contributed by atoms with Gasteiger partial charge in [0.15, 0.2) is 11.3 Å². The van der Waals surface area contributed by atoms with Crippen LogP contribution < -0.4 is 5.32 Å². The molecule has 0 unspecified atom stereocenters. The molecule has 0 spiro atoms. The highest BCUT2D eigenvalue weighted by atomic mass is 35.5. The molecule has 2 aromatic heterocycles. The van der Waals surface area contributed by atoms with E-state index in [0.29, 0.717) is 22.1 Å². The van der Waals surface area contributed by atoms with E-state index in [4.69, 9.17) is 16.0 Å². The summed E-state index contributed by atoms with van der Waals surface area (Å²) in [6, 6.07) is 7.59. The van der Waals surface area contributed by atoms with Gasteiger partial charge in [0, 0.05) is 11.9 Å². The standard InChI is InChI=1S/C15H14ClN3O/c1-2-6-18-14-9-17-8-12(19-14)13-7-10-4-3-5-11(16)15(10)20-13/h3-5,7-9H,2,6H2,1H3,(H,18,19). The fourth-order valence-electron chi connectivity index (χ4n) is 1.98.